The highest BCUT2D eigenvalue weighted by molar-refractivity contribution is 6.35. The van der Waals surface area contributed by atoms with E-state index in [0.717, 1.165) is 5.56 Å². The summed E-state index contributed by atoms with van der Waals surface area (Å²) in [6.07, 6.45) is -0.651. The molecule has 2 aromatic rings. The summed E-state index contributed by atoms with van der Waals surface area (Å²) < 4.78 is 5.61. The number of hydrogen-bond donors (Lipinski definition) is 1. The van der Waals surface area contributed by atoms with Gasteiger partial charge >= 0.3 is 0 Å². The predicted molar refractivity (Wildman–Crippen MR) is 86.4 cm³/mol. The highest BCUT2D eigenvalue weighted by Gasteiger charge is 2.16. The first-order chi connectivity index (χ1) is 9.95. The van der Waals surface area contributed by atoms with E-state index in [1.807, 2.05) is 31.2 Å². The van der Waals surface area contributed by atoms with Gasteiger partial charge in [0.15, 0.2) is 6.10 Å². The molecule has 0 aliphatic carbocycles. The molecule has 0 saturated carbocycles. The van der Waals surface area contributed by atoms with Gasteiger partial charge < -0.3 is 10.1 Å². The second-order valence-electron chi connectivity index (χ2n) is 4.69. The number of carbonyl (C=O) groups is 1. The Bertz CT molecular complexity index is 658. The molecule has 1 amide bonds. The first-order valence-electron chi connectivity index (χ1n) is 6.45. The van der Waals surface area contributed by atoms with Crippen molar-refractivity contribution in [2.75, 3.05) is 5.32 Å². The monoisotopic (exact) mass is 323 g/mol. The Hall–Kier alpha value is -1.71. The van der Waals surface area contributed by atoms with Crippen molar-refractivity contribution in [1.29, 1.82) is 0 Å². The zero-order valence-electron chi connectivity index (χ0n) is 11.7. The predicted octanol–water partition coefficient (Wildman–Crippen LogP) is 4.71. The van der Waals surface area contributed by atoms with Gasteiger partial charge in [0.1, 0.15) is 5.75 Å². The Morgan fingerprint density at radius 1 is 1.19 bits per heavy atom. The number of benzene rings is 2. The third-order valence-corrected chi connectivity index (χ3v) is 3.42. The van der Waals surface area contributed by atoms with Gasteiger partial charge in [-0.25, -0.2) is 0 Å². The van der Waals surface area contributed by atoms with Crippen LogP contribution < -0.4 is 10.1 Å². The molecule has 2 aromatic carbocycles. The maximum absolute atomic E-state index is 12.1. The number of nitrogens with one attached hydrogen (secondary N) is 1. The highest BCUT2D eigenvalue weighted by Crippen LogP contribution is 2.25. The van der Waals surface area contributed by atoms with Gasteiger partial charge in [0.2, 0.25) is 0 Å². The molecule has 110 valence electrons. The van der Waals surface area contributed by atoms with Crippen LogP contribution in [0.1, 0.15) is 12.5 Å². The first-order valence-corrected chi connectivity index (χ1v) is 7.20. The second-order valence-corrected chi connectivity index (χ2v) is 5.53. The Morgan fingerprint density at radius 2 is 1.95 bits per heavy atom. The summed E-state index contributed by atoms with van der Waals surface area (Å²) in [6.45, 7) is 3.64. The van der Waals surface area contributed by atoms with Crippen molar-refractivity contribution in [2.45, 2.75) is 20.0 Å². The molecule has 1 N–H and O–H groups in total. The molecule has 0 bridgehead atoms. The summed E-state index contributed by atoms with van der Waals surface area (Å²) in [5.41, 5.74) is 1.53. The van der Waals surface area contributed by atoms with Gasteiger partial charge in [0.25, 0.3) is 5.91 Å². The molecule has 0 aromatic heterocycles. The summed E-state index contributed by atoms with van der Waals surface area (Å²) in [4.78, 5) is 12.1. The molecule has 0 saturated heterocycles. The molecule has 3 nitrogen and oxygen atoms in total. The summed E-state index contributed by atoms with van der Waals surface area (Å²) in [6, 6.07) is 12.4. The van der Waals surface area contributed by atoms with Crippen LogP contribution >= 0.6 is 23.2 Å². The number of aryl methyl sites for hydroxylation is 1. The smallest absolute Gasteiger partial charge is 0.265 e. The fraction of sp³-hybridized carbons (Fsp3) is 0.188. The molecule has 21 heavy (non-hydrogen) atoms. The van der Waals surface area contributed by atoms with Gasteiger partial charge in [0.05, 0.1) is 10.7 Å². The van der Waals surface area contributed by atoms with Gasteiger partial charge in [-0.2, -0.15) is 0 Å². The topological polar surface area (TPSA) is 38.3 Å². The number of halogens is 2. The van der Waals surface area contributed by atoms with Crippen molar-refractivity contribution in [2.24, 2.45) is 0 Å². The molecule has 1 atom stereocenters. The van der Waals surface area contributed by atoms with E-state index in [2.05, 4.69) is 5.32 Å². The number of rotatable bonds is 4. The largest absolute Gasteiger partial charge is 0.481 e. The van der Waals surface area contributed by atoms with Crippen LogP contribution in [0.3, 0.4) is 0 Å². The van der Waals surface area contributed by atoms with E-state index in [1.165, 1.54) is 0 Å². The van der Waals surface area contributed by atoms with Crippen molar-refractivity contribution >= 4 is 34.8 Å². The number of anilines is 1. The maximum Gasteiger partial charge on any atom is 0.265 e. The van der Waals surface area contributed by atoms with E-state index >= 15 is 0 Å². The number of hydrogen-bond acceptors (Lipinski definition) is 2. The molecule has 0 unspecified atom stereocenters. The van der Waals surface area contributed by atoms with Crippen molar-refractivity contribution in [3.8, 4) is 5.75 Å². The fourth-order valence-corrected chi connectivity index (χ4v) is 2.11. The lowest BCUT2D eigenvalue weighted by Crippen LogP contribution is -2.30. The molecular formula is C16H15Cl2NO2. The minimum absolute atomic E-state index is 0.291. The summed E-state index contributed by atoms with van der Waals surface area (Å²) in [5, 5.41) is 3.63. The molecule has 5 heteroatoms. The van der Waals surface area contributed by atoms with Crippen molar-refractivity contribution in [3.63, 3.8) is 0 Å². The molecule has 2 rings (SSSR count). The average molecular weight is 324 g/mol. The lowest BCUT2D eigenvalue weighted by atomic mass is 10.2. The zero-order chi connectivity index (χ0) is 15.4. The van der Waals surface area contributed by atoms with E-state index in [1.54, 1.807) is 25.1 Å². The number of ether oxygens (including phenoxy) is 1. The lowest BCUT2D eigenvalue weighted by molar-refractivity contribution is -0.122. The van der Waals surface area contributed by atoms with Gasteiger partial charge in [-0.15, -0.1) is 0 Å². The van der Waals surface area contributed by atoms with Crippen LogP contribution in [0, 0.1) is 6.92 Å². The quantitative estimate of drug-likeness (QED) is 0.885. The molecular weight excluding hydrogens is 309 g/mol. The molecule has 0 fully saturated rings. The maximum atomic E-state index is 12.1. The first kappa shape index (κ1) is 15.7. The van der Waals surface area contributed by atoms with Crippen molar-refractivity contribution in [1.82, 2.24) is 0 Å². The van der Waals surface area contributed by atoms with E-state index in [0.29, 0.717) is 21.5 Å². The Kier molecular flexibility index (Phi) is 5.10. The van der Waals surface area contributed by atoms with Crippen molar-refractivity contribution in [3.05, 3.63) is 58.1 Å². The summed E-state index contributed by atoms with van der Waals surface area (Å²) in [7, 11) is 0. The van der Waals surface area contributed by atoms with Crippen LogP contribution in [-0.2, 0) is 4.79 Å². The normalized spacial score (nSPS) is 11.8. The molecule has 0 aliphatic heterocycles. The fourth-order valence-electron chi connectivity index (χ4n) is 1.77. The minimum Gasteiger partial charge on any atom is -0.481 e. The number of carbonyl (C=O) groups excluding carboxylic acids is 1. The standard InChI is InChI=1S/C16H15Cl2NO2/c1-10-4-3-5-13(8-10)21-11(2)16(20)19-15-9-12(17)6-7-14(15)18/h3-9,11H,1-2H3,(H,19,20)/t11-/m0/s1. The Morgan fingerprint density at radius 3 is 2.67 bits per heavy atom. The summed E-state index contributed by atoms with van der Waals surface area (Å²) in [5.74, 6) is 0.357. The Balaban J connectivity index is 2.04. The average Bonchev–Trinajstić information content (AvgIpc) is 2.43. The molecule has 0 spiro atoms. The van der Waals surface area contributed by atoms with E-state index in [9.17, 15) is 4.79 Å². The van der Waals surface area contributed by atoms with Gasteiger partial charge in [0, 0.05) is 5.02 Å². The van der Waals surface area contributed by atoms with E-state index in [4.69, 9.17) is 27.9 Å². The SMILES string of the molecule is Cc1cccc(O[C@@H](C)C(=O)Nc2cc(Cl)ccc2Cl)c1. The molecule has 0 radical (unpaired) electrons. The van der Waals surface area contributed by atoms with E-state index in [-0.39, 0.29) is 5.91 Å². The third-order valence-electron chi connectivity index (χ3n) is 2.86. The van der Waals surface area contributed by atoms with E-state index < -0.39 is 6.10 Å². The number of amides is 1. The van der Waals surface area contributed by atoms with Crippen LogP contribution in [-0.4, -0.2) is 12.0 Å². The van der Waals surface area contributed by atoms with Crippen LogP contribution in [0.15, 0.2) is 42.5 Å². The minimum atomic E-state index is -0.651. The lowest BCUT2D eigenvalue weighted by Gasteiger charge is -2.15. The van der Waals surface area contributed by atoms with Crippen LogP contribution in [0.25, 0.3) is 0 Å². The van der Waals surface area contributed by atoms with Crippen LogP contribution in [0.4, 0.5) is 5.69 Å². The molecule has 0 heterocycles. The van der Waals surface area contributed by atoms with Gasteiger partial charge in [-0.1, -0.05) is 35.3 Å². The van der Waals surface area contributed by atoms with Gasteiger partial charge in [-0.3, -0.25) is 4.79 Å². The van der Waals surface area contributed by atoms with Crippen LogP contribution in [0.5, 0.6) is 5.75 Å². The Labute approximate surface area is 133 Å². The zero-order valence-corrected chi connectivity index (χ0v) is 13.2. The molecule has 0 aliphatic rings. The van der Waals surface area contributed by atoms with Gasteiger partial charge in [-0.05, 0) is 49.7 Å². The van der Waals surface area contributed by atoms with Crippen LogP contribution in [0.2, 0.25) is 10.0 Å². The summed E-state index contributed by atoms with van der Waals surface area (Å²) >= 11 is 11.9. The third kappa shape index (κ3) is 4.38. The second kappa shape index (κ2) is 6.83. The van der Waals surface area contributed by atoms with Crippen molar-refractivity contribution < 1.29 is 9.53 Å². The highest BCUT2D eigenvalue weighted by atomic mass is 35.5.